The molecule has 0 aliphatic heterocycles. The lowest BCUT2D eigenvalue weighted by Crippen LogP contribution is -2.05. The minimum absolute atomic E-state index is 0.187. The predicted octanol–water partition coefficient (Wildman–Crippen LogP) is 4.16. The molecule has 25 heavy (non-hydrogen) atoms. The lowest BCUT2D eigenvalue weighted by atomic mass is 10.2. The highest BCUT2D eigenvalue weighted by molar-refractivity contribution is 6.31. The predicted molar refractivity (Wildman–Crippen MR) is 94.2 cm³/mol. The maximum Gasteiger partial charge on any atom is 0.309 e. The number of nitrogens with zero attached hydrogens (tertiary/aromatic N) is 3. The van der Waals surface area contributed by atoms with Gasteiger partial charge in [-0.25, -0.2) is 4.98 Å². The van der Waals surface area contributed by atoms with Crippen LogP contribution in [-0.2, 0) is 17.8 Å². The van der Waals surface area contributed by atoms with Crippen LogP contribution in [0.5, 0.6) is 0 Å². The molecule has 0 spiro atoms. The number of hydrogen-bond acceptors (Lipinski definition) is 4. The third-order valence-corrected chi connectivity index (χ3v) is 4.26. The number of aromatic nitrogens is 3. The van der Waals surface area contributed by atoms with Crippen molar-refractivity contribution in [1.82, 2.24) is 14.8 Å². The Morgan fingerprint density at radius 1 is 1.16 bits per heavy atom. The highest BCUT2D eigenvalue weighted by Gasteiger charge is 2.16. The Bertz CT molecular complexity index is 1120. The molecule has 0 unspecified atom stereocenters. The van der Waals surface area contributed by atoms with Crippen LogP contribution in [0.3, 0.4) is 0 Å². The number of halogens is 2. The zero-order valence-corrected chi connectivity index (χ0v) is 14.3. The van der Waals surface area contributed by atoms with Crippen LogP contribution in [-0.4, -0.2) is 25.8 Å². The van der Waals surface area contributed by atoms with Gasteiger partial charge in [-0.15, -0.1) is 0 Å². The molecule has 2 heterocycles. The maximum atomic E-state index is 11.1. The van der Waals surface area contributed by atoms with Crippen molar-refractivity contribution in [3.63, 3.8) is 0 Å². The standard InChI is InChI=1S/C17H11Cl2N3O3/c18-9-1-3-14-11(5-9)12(7-17(23)24)21-22(14)8-16-20-13-6-10(19)2-4-15(13)25-16/h1-6H,7-8H2,(H,23,24). The van der Waals surface area contributed by atoms with E-state index in [1.165, 1.54) is 0 Å². The zero-order valence-electron chi connectivity index (χ0n) is 12.7. The van der Waals surface area contributed by atoms with E-state index in [-0.39, 0.29) is 13.0 Å². The van der Waals surface area contributed by atoms with Gasteiger partial charge in [-0.1, -0.05) is 23.2 Å². The van der Waals surface area contributed by atoms with Gasteiger partial charge in [0.15, 0.2) is 5.58 Å². The molecule has 126 valence electrons. The Morgan fingerprint density at radius 3 is 2.72 bits per heavy atom. The van der Waals surface area contributed by atoms with E-state index >= 15 is 0 Å². The van der Waals surface area contributed by atoms with Crippen LogP contribution >= 0.6 is 23.2 Å². The van der Waals surface area contributed by atoms with Crippen molar-refractivity contribution in [2.45, 2.75) is 13.0 Å². The second-order valence-electron chi connectivity index (χ2n) is 5.56. The van der Waals surface area contributed by atoms with Gasteiger partial charge < -0.3 is 9.52 Å². The van der Waals surface area contributed by atoms with Crippen LogP contribution in [0.15, 0.2) is 40.8 Å². The first-order valence-corrected chi connectivity index (χ1v) is 8.17. The fourth-order valence-corrected chi connectivity index (χ4v) is 3.09. The van der Waals surface area contributed by atoms with Gasteiger partial charge in [0.2, 0.25) is 5.89 Å². The molecule has 1 N–H and O–H groups in total. The summed E-state index contributed by atoms with van der Waals surface area (Å²) >= 11 is 12.0. The van der Waals surface area contributed by atoms with E-state index in [0.29, 0.717) is 38.1 Å². The third kappa shape index (κ3) is 3.06. The van der Waals surface area contributed by atoms with E-state index in [0.717, 1.165) is 5.52 Å². The summed E-state index contributed by atoms with van der Waals surface area (Å²) in [4.78, 5) is 15.5. The number of fused-ring (bicyclic) bond motifs is 2. The summed E-state index contributed by atoms with van der Waals surface area (Å²) in [5, 5.41) is 15.3. The molecular weight excluding hydrogens is 365 g/mol. The molecular formula is C17H11Cl2N3O3. The van der Waals surface area contributed by atoms with Crippen molar-refractivity contribution >= 4 is 51.2 Å². The normalized spacial score (nSPS) is 11.4. The Morgan fingerprint density at radius 2 is 1.92 bits per heavy atom. The van der Waals surface area contributed by atoms with Gasteiger partial charge in [0.1, 0.15) is 12.1 Å². The monoisotopic (exact) mass is 375 g/mol. The summed E-state index contributed by atoms with van der Waals surface area (Å²) in [6.45, 7) is 0.268. The molecule has 0 saturated carbocycles. The lowest BCUT2D eigenvalue weighted by Gasteiger charge is -1.99. The molecule has 4 aromatic rings. The molecule has 8 heteroatoms. The molecule has 0 saturated heterocycles. The van der Waals surface area contributed by atoms with Crippen molar-refractivity contribution in [3.8, 4) is 0 Å². The number of benzene rings is 2. The van der Waals surface area contributed by atoms with Gasteiger partial charge >= 0.3 is 5.97 Å². The Balaban J connectivity index is 1.78. The van der Waals surface area contributed by atoms with Crippen molar-refractivity contribution < 1.29 is 14.3 Å². The van der Waals surface area contributed by atoms with E-state index in [1.807, 2.05) is 0 Å². The van der Waals surface area contributed by atoms with Crippen LogP contribution in [0.2, 0.25) is 10.0 Å². The number of carbonyl (C=O) groups is 1. The SMILES string of the molecule is O=C(O)Cc1nn(Cc2nc3cc(Cl)ccc3o2)c2ccc(Cl)cc12. The van der Waals surface area contributed by atoms with E-state index in [1.54, 1.807) is 41.1 Å². The van der Waals surface area contributed by atoms with Gasteiger partial charge in [-0.05, 0) is 36.4 Å². The second kappa shape index (κ2) is 6.06. The first-order valence-electron chi connectivity index (χ1n) is 7.41. The van der Waals surface area contributed by atoms with Gasteiger partial charge in [0.05, 0.1) is 17.6 Å². The molecule has 2 aromatic carbocycles. The molecule has 0 aliphatic carbocycles. The lowest BCUT2D eigenvalue weighted by molar-refractivity contribution is -0.136. The van der Waals surface area contributed by atoms with Crippen molar-refractivity contribution in [2.75, 3.05) is 0 Å². The van der Waals surface area contributed by atoms with Crippen LogP contribution in [0.25, 0.3) is 22.0 Å². The minimum atomic E-state index is -0.956. The summed E-state index contributed by atoms with van der Waals surface area (Å²) in [6.07, 6.45) is -0.187. The third-order valence-electron chi connectivity index (χ3n) is 3.79. The Kier molecular flexibility index (Phi) is 3.86. The number of carboxylic acid groups (broad SMARTS) is 1. The van der Waals surface area contributed by atoms with Gasteiger partial charge in [0.25, 0.3) is 0 Å². The summed E-state index contributed by atoms with van der Waals surface area (Å²) in [5.41, 5.74) is 2.50. The molecule has 0 bridgehead atoms. The summed E-state index contributed by atoms with van der Waals surface area (Å²) in [7, 11) is 0. The number of rotatable bonds is 4. The summed E-state index contributed by atoms with van der Waals surface area (Å²) < 4.78 is 7.38. The number of aliphatic carboxylic acids is 1. The van der Waals surface area contributed by atoms with Crippen molar-refractivity contribution in [1.29, 1.82) is 0 Å². The van der Waals surface area contributed by atoms with Crippen LogP contribution in [0.4, 0.5) is 0 Å². The average molecular weight is 376 g/mol. The fraction of sp³-hybridized carbons (Fsp3) is 0.118. The first kappa shape index (κ1) is 15.9. The molecule has 0 radical (unpaired) electrons. The van der Waals surface area contributed by atoms with Crippen LogP contribution in [0.1, 0.15) is 11.6 Å². The van der Waals surface area contributed by atoms with Crippen molar-refractivity contribution in [3.05, 3.63) is 58.0 Å². The van der Waals surface area contributed by atoms with Gasteiger partial charge in [-0.2, -0.15) is 5.10 Å². The smallest absolute Gasteiger partial charge is 0.309 e. The number of hydrogen-bond donors (Lipinski definition) is 1. The first-order chi connectivity index (χ1) is 12.0. The molecule has 0 amide bonds. The summed E-state index contributed by atoms with van der Waals surface area (Å²) in [5.74, 6) is -0.499. The molecule has 2 aromatic heterocycles. The van der Waals surface area contributed by atoms with Crippen LogP contribution in [0, 0.1) is 0 Å². The highest BCUT2D eigenvalue weighted by atomic mass is 35.5. The topological polar surface area (TPSA) is 81.1 Å². The fourth-order valence-electron chi connectivity index (χ4n) is 2.76. The van der Waals surface area contributed by atoms with E-state index in [9.17, 15) is 4.79 Å². The summed E-state index contributed by atoms with van der Waals surface area (Å²) in [6, 6.07) is 10.5. The van der Waals surface area contributed by atoms with E-state index in [4.69, 9.17) is 32.7 Å². The minimum Gasteiger partial charge on any atom is -0.481 e. The van der Waals surface area contributed by atoms with Gasteiger partial charge in [-0.3, -0.25) is 9.48 Å². The number of carboxylic acids is 1. The second-order valence-corrected chi connectivity index (χ2v) is 6.43. The van der Waals surface area contributed by atoms with Crippen molar-refractivity contribution in [2.24, 2.45) is 0 Å². The van der Waals surface area contributed by atoms with Crippen LogP contribution < -0.4 is 0 Å². The molecule has 4 rings (SSSR count). The molecule has 6 nitrogen and oxygen atoms in total. The zero-order chi connectivity index (χ0) is 17.6. The van der Waals surface area contributed by atoms with E-state index < -0.39 is 5.97 Å². The van der Waals surface area contributed by atoms with Gasteiger partial charge in [0, 0.05) is 15.4 Å². The largest absolute Gasteiger partial charge is 0.481 e. The quantitative estimate of drug-likeness (QED) is 0.579. The molecule has 0 atom stereocenters. The number of oxazole rings is 1. The molecule has 0 aliphatic rings. The van der Waals surface area contributed by atoms with E-state index in [2.05, 4.69) is 10.1 Å². The average Bonchev–Trinajstić information content (AvgIpc) is 3.08. The Hall–Kier alpha value is -2.57. The Labute approximate surface area is 151 Å². The maximum absolute atomic E-state index is 11.1. The molecule has 0 fully saturated rings. The highest BCUT2D eigenvalue weighted by Crippen LogP contribution is 2.25.